The first kappa shape index (κ1) is 30.3. The molecule has 7 nitrogen and oxygen atoms in total. The third-order valence-corrected chi connectivity index (χ3v) is 8.57. The number of methoxy groups -OCH3 is 1. The highest BCUT2D eigenvalue weighted by Crippen LogP contribution is 2.28. The van der Waals surface area contributed by atoms with Crippen LogP contribution in [-0.4, -0.2) is 39.2 Å². The standard InChI is InChI=1S/C33H41N3O4S/c1-32(2,3)25-10-8-23(9-11-25)22-36-29-17-14-27(20-24(29)21-30(36)31(37)34-18-19-40-7)35-41(38,39)28-15-12-26(13-16-28)33(4,5)6/h8-17,20-21,35H,18-19,22H2,1-7H3,(H,34,37). The van der Waals surface area contributed by atoms with E-state index in [4.69, 9.17) is 4.74 Å². The number of aromatic nitrogens is 1. The summed E-state index contributed by atoms with van der Waals surface area (Å²) >= 11 is 0. The maximum absolute atomic E-state index is 13.2. The number of carbonyl (C=O) groups is 1. The van der Waals surface area contributed by atoms with E-state index in [9.17, 15) is 13.2 Å². The fourth-order valence-corrected chi connectivity index (χ4v) is 5.74. The van der Waals surface area contributed by atoms with Crippen molar-refractivity contribution in [2.45, 2.75) is 63.8 Å². The molecular weight excluding hydrogens is 534 g/mol. The molecule has 0 spiro atoms. The van der Waals surface area contributed by atoms with Crippen molar-refractivity contribution >= 4 is 32.5 Å². The second-order valence-corrected chi connectivity index (χ2v) is 14.1. The van der Waals surface area contributed by atoms with Crippen LogP contribution in [0.4, 0.5) is 5.69 Å². The molecule has 4 rings (SSSR count). The van der Waals surface area contributed by atoms with Crippen molar-refractivity contribution in [2.24, 2.45) is 0 Å². The number of ether oxygens (including phenoxy) is 1. The van der Waals surface area contributed by atoms with Gasteiger partial charge in [0.25, 0.3) is 15.9 Å². The largest absolute Gasteiger partial charge is 0.383 e. The summed E-state index contributed by atoms with van der Waals surface area (Å²) in [6.07, 6.45) is 0. The van der Waals surface area contributed by atoms with Gasteiger partial charge < -0.3 is 14.6 Å². The van der Waals surface area contributed by atoms with E-state index in [-0.39, 0.29) is 21.6 Å². The van der Waals surface area contributed by atoms with Crippen molar-refractivity contribution in [1.29, 1.82) is 0 Å². The Morgan fingerprint density at radius 2 is 1.41 bits per heavy atom. The number of hydrogen-bond donors (Lipinski definition) is 2. The van der Waals surface area contributed by atoms with Crippen molar-refractivity contribution in [3.05, 3.63) is 95.2 Å². The number of hydrogen-bond acceptors (Lipinski definition) is 4. The first-order valence-corrected chi connectivity index (χ1v) is 15.3. The number of rotatable bonds is 9. The Kier molecular flexibility index (Phi) is 8.66. The average Bonchev–Trinajstić information content (AvgIpc) is 3.25. The Hall–Kier alpha value is -3.62. The maximum Gasteiger partial charge on any atom is 0.268 e. The molecule has 0 aliphatic heterocycles. The van der Waals surface area contributed by atoms with Gasteiger partial charge in [-0.05, 0) is 63.9 Å². The highest BCUT2D eigenvalue weighted by Gasteiger charge is 2.20. The summed E-state index contributed by atoms with van der Waals surface area (Å²) in [7, 11) is -2.20. The molecule has 0 fully saturated rings. The molecule has 0 atom stereocenters. The zero-order valence-corrected chi connectivity index (χ0v) is 25.9. The van der Waals surface area contributed by atoms with E-state index in [1.807, 2.05) is 22.8 Å². The summed E-state index contributed by atoms with van der Waals surface area (Å²) in [4.78, 5) is 13.4. The molecule has 0 bridgehead atoms. The predicted octanol–water partition coefficient (Wildman–Crippen LogP) is 6.46. The lowest BCUT2D eigenvalue weighted by Gasteiger charge is -2.19. The Morgan fingerprint density at radius 3 is 1.98 bits per heavy atom. The molecule has 0 saturated heterocycles. The van der Waals surface area contributed by atoms with Gasteiger partial charge in [0.1, 0.15) is 5.69 Å². The molecule has 2 N–H and O–H groups in total. The molecule has 1 heterocycles. The first-order chi connectivity index (χ1) is 19.2. The summed E-state index contributed by atoms with van der Waals surface area (Å²) < 4.78 is 36.1. The van der Waals surface area contributed by atoms with E-state index >= 15 is 0 Å². The van der Waals surface area contributed by atoms with Crippen molar-refractivity contribution < 1.29 is 17.9 Å². The Morgan fingerprint density at radius 1 is 0.829 bits per heavy atom. The quantitative estimate of drug-likeness (QED) is 0.224. The third kappa shape index (κ3) is 7.18. The molecule has 8 heteroatoms. The van der Waals surface area contributed by atoms with Crippen LogP contribution in [0.15, 0.2) is 77.7 Å². The van der Waals surface area contributed by atoms with Crippen LogP contribution in [0, 0.1) is 0 Å². The molecule has 1 aromatic heterocycles. The van der Waals surface area contributed by atoms with Crippen LogP contribution in [0.3, 0.4) is 0 Å². The van der Waals surface area contributed by atoms with Crippen LogP contribution in [-0.2, 0) is 32.1 Å². The number of amides is 1. The molecule has 0 unspecified atom stereocenters. The van der Waals surface area contributed by atoms with Gasteiger partial charge in [-0.2, -0.15) is 0 Å². The van der Waals surface area contributed by atoms with Gasteiger partial charge in [-0.25, -0.2) is 8.42 Å². The second kappa shape index (κ2) is 11.7. The molecule has 0 radical (unpaired) electrons. The molecule has 0 aliphatic carbocycles. The van der Waals surface area contributed by atoms with Gasteiger partial charge in [-0.1, -0.05) is 77.9 Å². The molecule has 0 saturated carbocycles. The lowest BCUT2D eigenvalue weighted by atomic mass is 9.87. The molecule has 41 heavy (non-hydrogen) atoms. The Labute approximate surface area is 244 Å². The predicted molar refractivity (Wildman–Crippen MR) is 166 cm³/mol. The molecular formula is C33H41N3O4S. The average molecular weight is 576 g/mol. The highest BCUT2D eigenvalue weighted by molar-refractivity contribution is 7.92. The van der Waals surface area contributed by atoms with Crippen molar-refractivity contribution in [3.8, 4) is 0 Å². The number of carbonyl (C=O) groups excluding carboxylic acids is 1. The van der Waals surface area contributed by atoms with Crippen LogP contribution in [0.2, 0.25) is 0 Å². The van der Waals surface area contributed by atoms with Crippen LogP contribution in [0.5, 0.6) is 0 Å². The van der Waals surface area contributed by atoms with E-state index in [1.165, 1.54) is 5.56 Å². The summed E-state index contributed by atoms with van der Waals surface area (Å²) in [5.41, 5.74) is 5.08. The first-order valence-electron chi connectivity index (χ1n) is 13.8. The summed E-state index contributed by atoms with van der Waals surface area (Å²) in [5.74, 6) is -0.217. The zero-order chi connectivity index (χ0) is 30.0. The summed E-state index contributed by atoms with van der Waals surface area (Å²) in [6.45, 7) is 14.1. The van der Waals surface area contributed by atoms with Crippen molar-refractivity contribution in [1.82, 2.24) is 9.88 Å². The van der Waals surface area contributed by atoms with Crippen LogP contribution < -0.4 is 10.0 Å². The number of benzene rings is 3. The fourth-order valence-electron chi connectivity index (χ4n) is 4.69. The van der Waals surface area contributed by atoms with Crippen LogP contribution in [0.25, 0.3) is 10.9 Å². The Bertz CT molecular complexity index is 1620. The van der Waals surface area contributed by atoms with Gasteiger partial charge in [-0.3, -0.25) is 9.52 Å². The molecule has 218 valence electrons. The van der Waals surface area contributed by atoms with Crippen molar-refractivity contribution in [3.63, 3.8) is 0 Å². The second-order valence-electron chi connectivity index (χ2n) is 12.5. The zero-order valence-electron chi connectivity index (χ0n) is 25.0. The summed E-state index contributed by atoms with van der Waals surface area (Å²) in [5, 5.41) is 3.67. The van der Waals surface area contributed by atoms with E-state index < -0.39 is 10.0 Å². The number of anilines is 1. The maximum atomic E-state index is 13.2. The Balaban J connectivity index is 1.66. The number of sulfonamides is 1. The number of fused-ring (bicyclic) bond motifs is 1. The topological polar surface area (TPSA) is 89.4 Å². The van der Waals surface area contributed by atoms with Crippen LogP contribution >= 0.6 is 0 Å². The minimum Gasteiger partial charge on any atom is -0.383 e. The van der Waals surface area contributed by atoms with Gasteiger partial charge in [0.05, 0.1) is 11.5 Å². The summed E-state index contributed by atoms with van der Waals surface area (Å²) in [6, 6.07) is 22.5. The molecule has 4 aromatic rings. The minimum atomic E-state index is -3.79. The van der Waals surface area contributed by atoms with Gasteiger partial charge in [-0.15, -0.1) is 0 Å². The number of nitrogens with one attached hydrogen (secondary N) is 2. The normalized spacial score (nSPS) is 12.5. The van der Waals surface area contributed by atoms with Gasteiger partial charge in [0, 0.05) is 36.8 Å². The van der Waals surface area contributed by atoms with E-state index in [2.05, 4.69) is 75.8 Å². The smallest absolute Gasteiger partial charge is 0.268 e. The molecule has 3 aromatic carbocycles. The monoisotopic (exact) mass is 575 g/mol. The van der Waals surface area contributed by atoms with E-state index in [0.717, 1.165) is 22.0 Å². The van der Waals surface area contributed by atoms with Gasteiger partial charge in [0.15, 0.2) is 0 Å². The number of nitrogens with zero attached hydrogens (tertiary/aromatic N) is 1. The molecule has 0 aliphatic rings. The molecule has 1 amide bonds. The fraction of sp³-hybridized carbons (Fsp3) is 0.364. The lowest BCUT2D eigenvalue weighted by Crippen LogP contribution is -2.29. The van der Waals surface area contributed by atoms with E-state index in [1.54, 1.807) is 37.4 Å². The van der Waals surface area contributed by atoms with Gasteiger partial charge >= 0.3 is 0 Å². The lowest BCUT2D eigenvalue weighted by molar-refractivity contribution is 0.0928. The highest BCUT2D eigenvalue weighted by atomic mass is 32.2. The van der Waals surface area contributed by atoms with Crippen molar-refractivity contribution in [2.75, 3.05) is 25.0 Å². The SMILES string of the molecule is COCCNC(=O)c1cc2cc(NS(=O)(=O)c3ccc(C(C)(C)C)cc3)ccc2n1Cc1ccc(C(C)(C)C)cc1. The van der Waals surface area contributed by atoms with Gasteiger partial charge in [0.2, 0.25) is 0 Å². The third-order valence-electron chi connectivity index (χ3n) is 7.17. The minimum absolute atomic E-state index is 0.0451. The van der Waals surface area contributed by atoms with E-state index in [0.29, 0.717) is 31.1 Å². The van der Waals surface area contributed by atoms with Crippen LogP contribution in [0.1, 0.15) is 68.7 Å².